The molecule has 0 saturated carbocycles. The quantitative estimate of drug-likeness (QED) is 0.439. The van der Waals surface area contributed by atoms with E-state index < -0.39 is 29.1 Å². The number of hydrogen-bond donors (Lipinski definition) is 1. The fraction of sp³-hybridized carbons (Fsp3) is 0.583. The van der Waals surface area contributed by atoms with E-state index in [0.717, 1.165) is 5.56 Å². The minimum atomic E-state index is -1.09. The largest absolute Gasteiger partial charge is 0.467 e. The maximum absolute atomic E-state index is 12.9. The molecule has 1 heterocycles. The molecule has 2 atom stereocenters. The van der Waals surface area contributed by atoms with Crippen LogP contribution < -0.4 is 5.32 Å². The van der Waals surface area contributed by atoms with Gasteiger partial charge in [0.05, 0.1) is 19.0 Å². The number of methoxy groups -OCH3 is 1. The summed E-state index contributed by atoms with van der Waals surface area (Å²) in [4.78, 5) is 43.3. The van der Waals surface area contributed by atoms with E-state index in [9.17, 15) is 14.4 Å². The van der Waals surface area contributed by atoms with Crippen molar-refractivity contribution in [2.24, 2.45) is 10.9 Å². The fourth-order valence-electron chi connectivity index (χ4n) is 4.00. The van der Waals surface area contributed by atoms with Gasteiger partial charge in [-0.25, -0.2) is 4.79 Å². The van der Waals surface area contributed by atoms with Crippen molar-refractivity contribution in [3.63, 3.8) is 0 Å². The van der Waals surface area contributed by atoms with Crippen molar-refractivity contribution in [1.82, 2.24) is 10.2 Å². The van der Waals surface area contributed by atoms with Gasteiger partial charge in [-0.1, -0.05) is 44.2 Å². The van der Waals surface area contributed by atoms with Gasteiger partial charge in [0.1, 0.15) is 0 Å². The highest BCUT2D eigenvalue weighted by Gasteiger charge is 2.57. The molecule has 1 amide bonds. The summed E-state index contributed by atoms with van der Waals surface area (Å²) in [5.41, 5.74) is -0.600. The maximum atomic E-state index is 12.9. The number of rotatable bonds is 10. The van der Waals surface area contributed by atoms with Crippen molar-refractivity contribution in [2.75, 3.05) is 13.7 Å². The van der Waals surface area contributed by atoms with Crippen molar-refractivity contribution in [3.05, 3.63) is 35.9 Å². The number of aliphatic imine (C=N–C) groups is 1. The highest BCUT2D eigenvalue weighted by atomic mass is 16.5. The monoisotopic (exact) mass is 445 g/mol. The van der Waals surface area contributed by atoms with Crippen LogP contribution in [0.25, 0.3) is 0 Å². The van der Waals surface area contributed by atoms with Crippen LogP contribution in [0, 0.1) is 5.92 Å². The lowest BCUT2D eigenvalue weighted by Crippen LogP contribution is -2.59. The summed E-state index contributed by atoms with van der Waals surface area (Å²) in [5.74, 6) is -1.39. The van der Waals surface area contributed by atoms with Crippen molar-refractivity contribution < 1.29 is 23.9 Å². The Hall–Kier alpha value is -2.90. The summed E-state index contributed by atoms with van der Waals surface area (Å²) in [6, 6.07) is 9.99. The number of ether oxygens (including phenoxy) is 2. The molecule has 0 radical (unpaired) electrons. The smallest absolute Gasteiger partial charge is 0.336 e. The highest BCUT2D eigenvalue weighted by molar-refractivity contribution is 5.87. The second kappa shape index (κ2) is 10.6. The van der Waals surface area contributed by atoms with E-state index in [0.29, 0.717) is 25.9 Å². The van der Waals surface area contributed by atoms with Gasteiger partial charge in [0.2, 0.25) is 0 Å². The lowest BCUT2D eigenvalue weighted by molar-refractivity contribution is -0.156. The van der Waals surface area contributed by atoms with Crippen LogP contribution in [0.4, 0.5) is 0 Å². The SMILES string of the molecule is COC(=O)C1(CCCNC(=O)C(OC(C)=O)C(C)C)N=CN(Cc2ccccc2)C1(C)C. The molecule has 0 aromatic heterocycles. The number of benzene rings is 1. The van der Waals surface area contributed by atoms with E-state index in [1.54, 1.807) is 6.34 Å². The lowest BCUT2D eigenvalue weighted by Gasteiger charge is -2.42. The van der Waals surface area contributed by atoms with Crippen LogP contribution in [0.15, 0.2) is 35.3 Å². The Morgan fingerprint density at radius 2 is 1.81 bits per heavy atom. The summed E-state index contributed by atoms with van der Waals surface area (Å²) in [7, 11) is 1.36. The van der Waals surface area contributed by atoms with Crippen LogP contribution in [0.3, 0.4) is 0 Å². The molecular weight excluding hydrogens is 410 g/mol. The van der Waals surface area contributed by atoms with Crippen LogP contribution in [0.2, 0.25) is 0 Å². The first-order valence-electron chi connectivity index (χ1n) is 10.9. The van der Waals surface area contributed by atoms with Gasteiger partial charge in [-0.3, -0.25) is 14.6 Å². The van der Waals surface area contributed by atoms with Crippen LogP contribution in [-0.4, -0.2) is 59.9 Å². The standard InChI is InChI=1S/C24H35N3O5/c1-17(2)20(32-18(3)28)21(29)25-14-10-13-24(22(30)31-6)23(4,5)27(16-26-24)15-19-11-8-7-9-12-19/h7-9,11-12,16-17,20H,10,13-15H2,1-6H3,(H,25,29). The van der Waals surface area contributed by atoms with Crippen molar-refractivity contribution in [1.29, 1.82) is 0 Å². The molecule has 1 aliphatic heterocycles. The number of carbonyl (C=O) groups excluding carboxylic acids is 3. The molecule has 8 nitrogen and oxygen atoms in total. The van der Waals surface area contributed by atoms with Crippen LogP contribution in [-0.2, 0) is 30.4 Å². The second-order valence-corrected chi connectivity index (χ2v) is 8.94. The topological polar surface area (TPSA) is 97.3 Å². The third-order valence-corrected chi connectivity index (χ3v) is 6.04. The van der Waals surface area contributed by atoms with E-state index in [1.807, 2.05) is 62.9 Å². The summed E-state index contributed by atoms with van der Waals surface area (Å²) in [6.45, 7) is 9.82. The summed E-state index contributed by atoms with van der Waals surface area (Å²) in [5, 5.41) is 2.81. The van der Waals surface area contributed by atoms with E-state index in [4.69, 9.17) is 9.47 Å². The maximum Gasteiger partial charge on any atom is 0.336 e. The first kappa shape index (κ1) is 25.4. The van der Waals surface area contributed by atoms with Crippen molar-refractivity contribution in [3.8, 4) is 0 Å². The zero-order valence-corrected chi connectivity index (χ0v) is 19.9. The molecule has 1 aliphatic rings. The molecule has 0 spiro atoms. The highest BCUT2D eigenvalue weighted by Crippen LogP contribution is 2.41. The van der Waals surface area contributed by atoms with Gasteiger partial charge in [-0.2, -0.15) is 0 Å². The molecule has 0 fully saturated rings. The third-order valence-electron chi connectivity index (χ3n) is 6.04. The van der Waals surface area contributed by atoms with Crippen LogP contribution >= 0.6 is 0 Å². The predicted octanol–water partition coefficient (Wildman–Crippen LogP) is 2.71. The summed E-state index contributed by atoms with van der Waals surface area (Å²) in [6.07, 6.45) is 1.78. The minimum absolute atomic E-state index is 0.148. The molecule has 1 aromatic carbocycles. The fourth-order valence-corrected chi connectivity index (χ4v) is 4.00. The van der Waals surface area contributed by atoms with Crippen molar-refractivity contribution >= 4 is 24.2 Å². The van der Waals surface area contributed by atoms with Gasteiger partial charge >= 0.3 is 11.9 Å². The van der Waals surface area contributed by atoms with Gasteiger partial charge < -0.3 is 19.7 Å². The average molecular weight is 446 g/mol. The Balaban J connectivity index is 2.06. The van der Waals surface area contributed by atoms with Gasteiger partial charge in [-0.15, -0.1) is 0 Å². The van der Waals surface area contributed by atoms with Crippen molar-refractivity contribution in [2.45, 2.75) is 71.2 Å². The van der Waals surface area contributed by atoms with Gasteiger partial charge in [0.15, 0.2) is 11.6 Å². The van der Waals surface area contributed by atoms with E-state index >= 15 is 0 Å². The summed E-state index contributed by atoms with van der Waals surface area (Å²) < 4.78 is 10.3. The number of amides is 1. The minimum Gasteiger partial charge on any atom is -0.467 e. The molecule has 2 rings (SSSR count). The molecule has 32 heavy (non-hydrogen) atoms. The van der Waals surface area contributed by atoms with Gasteiger partial charge in [0.25, 0.3) is 5.91 Å². The molecule has 1 aromatic rings. The zero-order chi connectivity index (χ0) is 23.9. The Bertz CT molecular complexity index is 837. The number of hydrogen-bond acceptors (Lipinski definition) is 7. The summed E-state index contributed by atoms with van der Waals surface area (Å²) >= 11 is 0. The Morgan fingerprint density at radius 1 is 1.16 bits per heavy atom. The molecule has 1 N–H and O–H groups in total. The van der Waals surface area contributed by atoms with E-state index in [2.05, 4.69) is 10.3 Å². The Labute approximate surface area is 190 Å². The second-order valence-electron chi connectivity index (χ2n) is 8.94. The molecule has 176 valence electrons. The van der Waals surface area contributed by atoms with E-state index in [1.165, 1.54) is 14.0 Å². The molecule has 2 unspecified atom stereocenters. The number of carbonyl (C=O) groups is 3. The molecule has 0 bridgehead atoms. The number of esters is 2. The first-order valence-corrected chi connectivity index (χ1v) is 10.9. The molecule has 0 saturated heterocycles. The molecule has 0 aliphatic carbocycles. The Kier molecular flexibility index (Phi) is 8.41. The first-order chi connectivity index (χ1) is 15.0. The normalized spacial score (nSPS) is 20.2. The zero-order valence-electron chi connectivity index (χ0n) is 19.9. The van der Waals surface area contributed by atoms with Gasteiger partial charge in [0, 0.05) is 20.0 Å². The van der Waals surface area contributed by atoms with E-state index in [-0.39, 0.29) is 11.8 Å². The molecule has 8 heteroatoms. The Morgan fingerprint density at radius 3 is 2.38 bits per heavy atom. The number of nitrogens with one attached hydrogen (secondary N) is 1. The average Bonchev–Trinajstić information content (AvgIpc) is 2.99. The lowest BCUT2D eigenvalue weighted by atomic mass is 9.76. The van der Waals surface area contributed by atoms with Crippen LogP contribution in [0.1, 0.15) is 53.0 Å². The molecular formula is C24H35N3O5. The predicted molar refractivity (Wildman–Crippen MR) is 122 cm³/mol. The number of nitrogens with zero attached hydrogens (tertiary/aromatic N) is 2. The third kappa shape index (κ3) is 5.47. The van der Waals surface area contributed by atoms with Gasteiger partial charge in [-0.05, 0) is 38.2 Å². The van der Waals surface area contributed by atoms with Crippen LogP contribution in [0.5, 0.6) is 0 Å².